The smallest absolute Gasteiger partial charge is 0.146 e. The highest BCUT2D eigenvalue weighted by atomic mass is 35.5. The minimum atomic E-state index is -0.565. The lowest BCUT2D eigenvalue weighted by molar-refractivity contribution is -0.128. The van der Waals surface area contributed by atoms with Crippen molar-refractivity contribution >= 4 is 17.4 Å². The summed E-state index contributed by atoms with van der Waals surface area (Å²) in [7, 11) is 0. The lowest BCUT2D eigenvalue weighted by atomic mass is 9.67. The van der Waals surface area contributed by atoms with Crippen LogP contribution in [0.15, 0.2) is 18.2 Å². The fourth-order valence-corrected chi connectivity index (χ4v) is 2.99. The van der Waals surface area contributed by atoms with Gasteiger partial charge in [0.25, 0.3) is 0 Å². The van der Waals surface area contributed by atoms with E-state index in [2.05, 4.69) is 5.32 Å². The molecule has 0 bridgehead atoms. The zero-order chi connectivity index (χ0) is 14.0. The van der Waals surface area contributed by atoms with E-state index in [9.17, 15) is 9.18 Å². The largest absolute Gasteiger partial charge is 0.317 e. The normalized spacial score (nSPS) is 18.6. The lowest BCUT2D eigenvalue weighted by Gasteiger charge is -2.38. The fourth-order valence-electron chi connectivity index (χ4n) is 2.88. The Morgan fingerprint density at radius 1 is 1.37 bits per heavy atom. The molecule has 0 radical (unpaired) electrons. The maximum atomic E-state index is 13.7. The summed E-state index contributed by atoms with van der Waals surface area (Å²) in [4.78, 5) is 12.6. The van der Waals surface area contributed by atoms with Gasteiger partial charge in [-0.15, -0.1) is 0 Å². The summed E-state index contributed by atoms with van der Waals surface area (Å²) in [5, 5.41) is 3.36. The van der Waals surface area contributed by atoms with Crippen LogP contribution >= 0.6 is 11.6 Å². The molecule has 0 unspecified atom stereocenters. The van der Waals surface area contributed by atoms with Crippen molar-refractivity contribution in [1.82, 2.24) is 5.32 Å². The average Bonchev–Trinajstić information content (AvgIpc) is 2.41. The molecule has 0 spiro atoms. The Kier molecular flexibility index (Phi) is 4.26. The van der Waals surface area contributed by atoms with Gasteiger partial charge in [-0.05, 0) is 43.6 Å². The number of piperidine rings is 1. The molecule has 1 aliphatic rings. The molecule has 4 heteroatoms. The van der Waals surface area contributed by atoms with Crippen LogP contribution < -0.4 is 5.32 Å². The molecule has 0 aliphatic carbocycles. The van der Waals surface area contributed by atoms with Crippen molar-refractivity contribution in [1.29, 1.82) is 0 Å². The van der Waals surface area contributed by atoms with E-state index in [4.69, 9.17) is 11.6 Å². The number of carbonyl (C=O) groups is 1. The first-order valence-electron chi connectivity index (χ1n) is 6.68. The van der Waals surface area contributed by atoms with Gasteiger partial charge in [0.15, 0.2) is 0 Å². The van der Waals surface area contributed by atoms with Crippen molar-refractivity contribution in [2.75, 3.05) is 13.1 Å². The van der Waals surface area contributed by atoms with Gasteiger partial charge in [0.05, 0.1) is 10.4 Å². The van der Waals surface area contributed by atoms with Gasteiger partial charge in [-0.3, -0.25) is 4.79 Å². The molecule has 1 aromatic carbocycles. The first-order chi connectivity index (χ1) is 8.97. The Labute approximate surface area is 118 Å². The number of halogens is 2. The molecule has 104 valence electrons. The molecule has 2 nitrogen and oxygen atoms in total. The van der Waals surface area contributed by atoms with E-state index < -0.39 is 11.2 Å². The van der Waals surface area contributed by atoms with E-state index in [1.165, 1.54) is 6.07 Å². The van der Waals surface area contributed by atoms with Gasteiger partial charge in [-0.2, -0.15) is 0 Å². The summed E-state index contributed by atoms with van der Waals surface area (Å²) in [6.45, 7) is 5.36. The summed E-state index contributed by atoms with van der Waals surface area (Å²) in [6.07, 6.45) is 1.43. The summed E-state index contributed by atoms with van der Waals surface area (Å²) in [5.74, 6) is -0.318. The van der Waals surface area contributed by atoms with Crippen molar-refractivity contribution in [3.63, 3.8) is 0 Å². The zero-order valence-corrected chi connectivity index (χ0v) is 12.1. The molecule has 1 fully saturated rings. The molecule has 0 atom stereocenters. The lowest BCUT2D eigenvalue weighted by Crippen LogP contribution is -2.47. The number of benzene rings is 1. The van der Waals surface area contributed by atoms with Crippen LogP contribution in [0.3, 0.4) is 0 Å². The molecule has 0 saturated carbocycles. The fraction of sp³-hybridized carbons (Fsp3) is 0.533. The van der Waals surface area contributed by atoms with Crippen LogP contribution in [0.2, 0.25) is 5.02 Å². The molecule has 1 saturated heterocycles. The SMILES string of the molecule is CC(C)C(=O)C1(c2ccc(Cl)c(F)c2)CCNCC1. The molecule has 1 aliphatic heterocycles. The maximum Gasteiger partial charge on any atom is 0.146 e. The molecule has 1 N–H and O–H groups in total. The molecule has 0 aromatic heterocycles. The predicted octanol–water partition coefficient (Wildman–Crippen LogP) is 3.33. The average molecular weight is 284 g/mol. The van der Waals surface area contributed by atoms with Crippen molar-refractivity contribution in [2.24, 2.45) is 5.92 Å². The molecular formula is C15H19ClFNO. The summed E-state index contributed by atoms with van der Waals surface area (Å²) >= 11 is 5.73. The third kappa shape index (κ3) is 2.67. The number of hydrogen-bond donors (Lipinski definition) is 1. The van der Waals surface area contributed by atoms with Crippen molar-refractivity contribution < 1.29 is 9.18 Å². The van der Waals surface area contributed by atoms with Crippen LogP contribution in [-0.2, 0) is 10.2 Å². The molecule has 1 heterocycles. The van der Waals surface area contributed by atoms with Gasteiger partial charge in [-0.25, -0.2) is 4.39 Å². The number of carbonyl (C=O) groups excluding carboxylic acids is 1. The summed E-state index contributed by atoms with van der Waals surface area (Å²) in [6, 6.07) is 4.76. The van der Waals surface area contributed by atoms with E-state index >= 15 is 0 Å². The van der Waals surface area contributed by atoms with Crippen LogP contribution in [0.5, 0.6) is 0 Å². The second-order valence-corrected chi connectivity index (χ2v) is 5.89. The Bertz CT molecular complexity index is 481. The number of rotatable bonds is 3. The first kappa shape index (κ1) is 14.5. The van der Waals surface area contributed by atoms with Gasteiger partial charge in [0.2, 0.25) is 0 Å². The van der Waals surface area contributed by atoms with E-state index in [0.717, 1.165) is 18.7 Å². The standard InChI is InChI=1S/C15H19ClFNO/c1-10(2)14(19)15(5-7-18-8-6-15)11-3-4-12(16)13(17)9-11/h3-4,9-10,18H,5-8H2,1-2H3. The van der Waals surface area contributed by atoms with Gasteiger partial charge < -0.3 is 5.32 Å². The number of hydrogen-bond acceptors (Lipinski definition) is 2. The Hall–Kier alpha value is -0.930. The number of nitrogens with one attached hydrogen (secondary N) is 1. The highest BCUT2D eigenvalue weighted by Gasteiger charge is 2.42. The number of Topliss-reactive ketones (excluding diaryl/α,β-unsaturated/α-hetero) is 1. The minimum absolute atomic E-state index is 0.0585. The second kappa shape index (κ2) is 5.59. The van der Waals surface area contributed by atoms with Crippen molar-refractivity contribution in [3.05, 3.63) is 34.6 Å². The third-order valence-corrected chi connectivity index (χ3v) is 4.23. The van der Waals surface area contributed by atoms with Crippen LogP contribution in [0.1, 0.15) is 32.3 Å². The zero-order valence-electron chi connectivity index (χ0n) is 11.3. The Morgan fingerprint density at radius 2 is 2.00 bits per heavy atom. The van der Waals surface area contributed by atoms with Gasteiger partial charge in [0, 0.05) is 5.92 Å². The summed E-state index contributed by atoms with van der Waals surface area (Å²) in [5.41, 5.74) is 0.194. The summed E-state index contributed by atoms with van der Waals surface area (Å²) < 4.78 is 13.7. The van der Waals surface area contributed by atoms with Crippen LogP contribution in [0.25, 0.3) is 0 Å². The van der Waals surface area contributed by atoms with E-state index in [1.807, 2.05) is 13.8 Å². The monoisotopic (exact) mass is 283 g/mol. The molecule has 1 aromatic rings. The van der Waals surface area contributed by atoms with Gasteiger partial charge in [-0.1, -0.05) is 31.5 Å². The van der Waals surface area contributed by atoms with Crippen LogP contribution in [0, 0.1) is 11.7 Å². The van der Waals surface area contributed by atoms with E-state index in [1.54, 1.807) is 12.1 Å². The number of ketones is 1. The quantitative estimate of drug-likeness (QED) is 0.922. The maximum absolute atomic E-state index is 13.7. The predicted molar refractivity (Wildman–Crippen MR) is 75.0 cm³/mol. The molecule has 0 amide bonds. The minimum Gasteiger partial charge on any atom is -0.317 e. The molecular weight excluding hydrogens is 265 g/mol. The topological polar surface area (TPSA) is 29.1 Å². The Balaban J connectivity index is 2.47. The Morgan fingerprint density at radius 3 is 2.53 bits per heavy atom. The van der Waals surface area contributed by atoms with E-state index in [0.29, 0.717) is 12.8 Å². The van der Waals surface area contributed by atoms with Crippen molar-refractivity contribution in [2.45, 2.75) is 32.1 Å². The second-order valence-electron chi connectivity index (χ2n) is 5.48. The van der Waals surface area contributed by atoms with Gasteiger partial charge in [0.1, 0.15) is 11.6 Å². The molecule has 2 rings (SSSR count). The van der Waals surface area contributed by atoms with Crippen LogP contribution in [-0.4, -0.2) is 18.9 Å². The van der Waals surface area contributed by atoms with E-state index in [-0.39, 0.29) is 16.7 Å². The van der Waals surface area contributed by atoms with Gasteiger partial charge >= 0.3 is 0 Å². The van der Waals surface area contributed by atoms with Crippen LogP contribution in [0.4, 0.5) is 4.39 Å². The first-order valence-corrected chi connectivity index (χ1v) is 7.06. The third-order valence-electron chi connectivity index (χ3n) is 3.93. The highest BCUT2D eigenvalue weighted by Crippen LogP contribution is 2.37. The molecule has 19 heavy (non-hydrogen) atoms. The van der Waals surface area contributed by atoms with Crippen molar-refractivity contribution in [3.8, 4) is 0 Å². The highest BCUT2D eigenvalue weighted by molar-refractivity contribution is 6.30.